The second-order valence-electron chi connectivity index (χ2n) is 3.58. The molecule has 1 heteroatoms. The van der Waals surface area contributed by atoms with Crippen LogP contribution in [0.4, 0.5) is 0 Å². The fourth-order valence-electron chi connectivity index (χ4n) is 0.835. The smallest absolute Gasteiger partial charge is 0.00446 e. The number of allylic oxidation sites excluding steroid dienone is 1. The first-order chi connectivity index (χ1) is 5.04. The minimum absolute atomic E-state index is 0.253. The van der Waals surface area contributed by atoms with Crippen LogP contribution >= 0.6 is 0 Å². The molecule has 0 heterocycles. The summed E-state index contributed by atoms with van der Waals surface area (Å²) in [6.45, 7) is 10.6. The Hall–Kier alpha value is -0.590. The molecule has 0 aromatic carbocycles. The standard InChI is InChI=1S/C10H19N/c1-5-10(3,4)9(2)7-6-8-11/h8,11H,2,5-7H2,1,3-4H3. The Balaban J connectivity index is 3.91. The molecule has 1 nitrogen and oxygen atoms in total. The zero-order chi connectivity index (χ0) is 8.91. The van der Waals surface area contributed by atoms with Crippen molar-refractivity contribution in [1.29, 1.82) is 5.41 Å². The Morgan fingerprint density at radius 1 is 1.55 bits per heavy atom. The summed E-state index contributed by atoms with van der Waals surface area (Å²) >= 11 is 0. The van der Waals surface area contributed by atoms with Gasteiger partial charge in [-0.05, 0) is 30.9 Å². The second kappa shape index (κ2) is 4.32. The number of hydrogen-bond acceptors (Lipinski definition) is 1. The third-order valence-electron chi connectivity index (χ3n) is 2.43. The molecule has 0 atom stereocenters. The molecular formula is C10H19N. The molecule has 0 aliphatic rings. The Morgan fingerprint density at radius 3 is 2.45 bits per heavy atom. The van der Waals surface area contributed by atoms with Gasteiger partial charge >= 0.3 is 0 Å². The van der Waals surface area contributed by atoms with E-state index in [0.717, 1.165) is 19.3 Å². The van der Waals surface area contributed by atoms with Gasteiger partial charge in [-0.3, -0.25) is 0 Å². The van der Waals surface area contributed by atoms with Crippen LogP contribution in [0.3, 0.4) is 0 Å². The Labute approximate surface area is 70.0 Å². The molecule has 11 heavy (non-hydrogen) atoms. The molecule has 0 aliphatic carbocycles. The minimum Gasteiger partial charge on any atom is -0.313 e. The zero-order valence-corrected chi connectivity index (χ0v) is 7.91. The summed E-state index contributed by atoms with van der Waals surface area (Å²) < 4.78 is 0. The van der Waals surface area contributed by atoms with E-state index in [1.807, 2.05) is 0 Å². The maximum absolute atomic E-state index is 6.89. The second-order valence-corrected chi connectivity index (χ2v) is 3.58. The first-order valence-corrected chi connectivity index (χ1v) is 4.21. The predicted molar refractivity (Wildman–Crippen MR) is 51.2 cm³/mol. The van der Waals surface area contributed by atoms with Gasteiger partial charge in [0.1, 0.15) is 0 Å². The molecule has 0 aromatic rings. The largest absolute Gasteiger partial charge is 0.313 e. The van der Waals surface area contributed by atoms with Gasteiger partial charge < -0.3 is 5.41 Å². The lowest BCUT2D eigenvalue weighted by molar-refractivity contribution is 0.417. The van der Waals surface area contributed by atoms with Crippen LogP contribution in [0.2, 0.25) is 0 Å². The van der Waals surface area contributed by atoms with Crippen molar-refractivity contribution in [2.75, 3.05) is 0 Å². The molecule has 64 valence electrons. The van der Waals surface area contributed by atoms with Crippen LogP contribution in [0, 0.1) is 10.8 Å². The molecule has 0 saturated heterocycles. The zero-order valence-electron chi connectivity index (χ0n) is 7.91. The van der Waals surface area contributed by atoms with Gasteiger partial charge in [0.15, 0.2) is 0 Å². The summed E-state index contributed by atoms with van der Waals surface area (Å²) in [6, 6.07) is 0. The maximum Gasteiger partial charge on any atom is -0.00446 e. The fraction of sp³-hybridized carbons (Fsp3) is 0.700. The van der Waals surface area contributed by atoms with Crippen molar-refractivity contribution in [3.8, 4) is 0 Å². The molecule has 0 aliphatic heterocycles. The third-order valence-corrected chi connectivity index (χ3v) is 2.43. The lowest BCUT2D eigenvalue weighted by atomic mass is 9.80. The highest BCUT2D eigenvalue weighted by atomic mass is 14.3. The highest BCUT2D eigenvalue weighted by Gasteiger charge is 2.17. The van der Waals surface area contributed by atoms with Gasteiger partial charge in [0.2, 0.25) is 0 Å². The van der Waals surface area contributed by atoms with Crippen LogP contribution in [-0.2, 0) is 0 Å². The Morgan fingerprint density at radius 2 is 2.09 bits per heavy atom. The van der Waals surface area contributed by atoms with Gasteiger partial charge in [-0.2, -0.15) is 0 Å². The normalized spacial score (nSPS) is 11.2. The fourth-order valence-corrected chi connectivity index (χ4v) is 0.835. The quantitative estimate of drug-likeness (QED) is 0.462. The van der Waals surface area contributed by atoms with Gasteiger partial charge in [-0.1, -0.05) is 32.9 Å². The minimum atomic E-state index is 0.253. The summed E-state index contributed by atoms with van der Waals surface area (Å²) in [5, 5.41) is 6.89. The molecule has 0 fully saturated rings. The molecule has 0 aromatic heterocycles. The molecule has 0 saturated carbocycles. The molecule has 0 rings (SSSR count). The van der Waals surface area contributed by atoms with E-state index in [2.05, 4.69) is 27.4 Å². The van der Waals surface area contributed by atoms with Crippen molar-refractivity contribution in [3.63, 3.8) is 0 Å². The van der Waals surface area contributed by atoms with Gasteiger partial charge in [0, 0.05) is 0 Å². The Kier molecular flexibility index (Phi) is 4.09. The molecule has 0 bridgehead atoms. The average Bonchev–Trinajstić information content (AvgIpc) is 2.00. The Bertz CT molecular complexity index is 145. The van der Waals surface area contributed by atoms with E-state index in [-0.39, 0.29) is 5.41 Å². The summed E-state index contributed by atoms with van der Waals surface area (Å²) in [5.74, 6) is 0. The highest BCUT2D eigenvalue weighted by molar-refractivity contribution is 5.53. The SMILES string of the molecule is C=C(CCC=N)C(C)(C)CC. The van der Waals surface area contributed by atoms with Gasteiger partial charge in [-0.15, -0.1) is 0 Å². The van der Waals surface area contributed by atoms with Crippen molar-refractivity contribution in [2.45, 2.75) is 40.0 Å². The van der Waals surface area contributed by atoms with Crippen molar-refractivity contribution in [1.82, 2.24) is 0 Å². The van der Waals surface area contributed by atoms with Gasteiger partial charge in [-0.25, -0.2) is 0 Å². The first kappa shape index (κ1) is 10.4. The van der Waals surface area contributed by atoms with Crippen molar-refractivity contribution < 1.29 is 0 Å². The van der Waals surface area contributed by atoms with Crippen LogP contribution in [-0.4, -0.2) is 6.21 Å². The van der Waals surface area contributed by atoms with E-state index in [0.29, 0.717) is 0 Å². The number of hydrogen-bond donors (Lipinski definition) is 1. The van der Waals surface area contributed by atoms with Crippen LogP contribution < -0.4 is 0 Å². The van der Waals surface area contributed by atoms with E-state index in [1.165, 1.54) is 11.8 Å². The van der Waals surface area contributed by atoms with E-state index < -0.39 is 0 Å². The lowest BCUT2D eigenvalue weighted by Crippen LogP contribution is -2.12. The van der Waals surface area contributed by atoms with Crippen LogP contribution in [0.25, 0.3) is 0 Å². The molecule has 0 spiro atoms. The highest BCUT2D eigenvalue weighted by Crippen LogP contribution is 2.31. The third kappa shape index (κ3) is 3.35. The lowest BCUT2D eigenvalue weighted by Gasteiger charge is -2.25. The molecule has 1 N–H and O–H groups in total. The number of nitrogens with one attached hydrogen (secondary N) is 1. The van der Waals surface area contributed by atoms with E-state index in [1.54, 1.807) is 0 Å². The van der Waals surface area contributed by atoms with Crippen LogP contribution in [0.15, 0.2) is 12.2 Å². The predicted octanol–water partition coefficient (Wildman–Crippen LogP) is 3.41. The van der Waals surface area contributed by atoms with E-state index in [9.17, 15) is 0 Å². The van der Waals surface area contributed by atoms with Gasteiger partial charge in [0.25, 0.3) is 0 Å². The van der Waals surface area contributed by atoms with Crippen molar-refractivity contribution in [2.24, 2.45) is 5.41 Å². The molecule has 0 amide bonds. The summed E-state index contributed by atoms with van der Waals surface area (Å²) in [5.41, 5.74) is 1.52. The molecule has 0 unspecified atom stereocenters. The monoisotopic (exact) mass is 153 g/mol. The van der Waals surface area contributed by atoms with Crippen LogP contribution in [0.1, 0.15) is 40.0 Å². The van der Waals surface area contributed by atoms with E-state index >= 15 is 0 Å². The summed E-state index contributed by atoms with van der Waals surface area (Å²) in [7, 11) is 0. The van der Waals surface area contributed by atoms with Gasteiger partial charge in [0.05, 0.1) is 0 Å². The molecule has 0 radical (unpaired) electrons. The van der Waals surface area contributed by atoms with Crippen molar-refractivity contribution >= 4 is 6.21 Å². The topological polar surface area (TPSA) is 23.9 Å². The van der Waals surface area contributed by atoms with Crippen molar-refractivity contribution in [3.05, 3.63) is 12.2 Å². The summed E-state index contributed by atoms with van der Waals surface area (Å²) in [6.07, 6.45) is 4.38. The van der Waals surface area contributed by atoms with Crippen LogP contribution in [0.5, 0.6) is 0 Å². The average molecular weight is 153 g/mol. The first-order valence-electron chi connectivity index (χ1n) is 4.21. The summed E-state index contributed by atoms with van der Waals surface area (Å²) in [4.78, 5) is 0. The molecular weight excluding hydrogens is 134 g/mol. The van der Waals surface area contributed by atoms with E-state index in [4.69, 9.17) is 5.41 Å². The maximum atomic E-state index is 6.89. The number of rotatable bonds is 5.